The molecule has 0 saturated carbocycles. The van der Waals surface area contributed by atoms with E-state index in [0.29, 0.717) is 18.1 Å². The molecule has 2 N–H and O–H groups in total. The van der Waals surface area contributed by atoms with E-state index in [-0.39, 0.29) is 17.8 Å². The van der Waals surface area contributed by atoms with Gasteiger partial charge < -0.3 is 19.3 Å². The molecule has 3 aromatic heterocycles. The van der Waals surface area contributed by atoms with Crippen molar-refractivity contribution < 1.29 is 19.2 Å². The summed E-state index contributed by atoms with van der Waals surface area (Å²) in [7, 11) is 0. The van der Waals surface area contributed by atoms with Crippen LogP contribution in [0.3, 0.4) is 0 Å². The van der Waals surface area contributed by atoms with E-state index in [2.05, 4.69) is 10.1 Å². The third-order valence-electron chi connectivity index (χ3n) is 4.91. The Kier molecular flexibility index (Phi) is 4.41. The molecule has 1 saturated heterocycles. The van der Waals surface area contributed by atoms with E-state index in [1.54, 1.807) is 13.2 Å². The van der Waals surface area contributed by atoms with Gasteiger partial charge >= 0.3 is 0 Å². The summed E-state index contributed by atoms with van der Waals surface area (Å²) >= 11 is 1.45. The zero-order valence-corrected chi connectivity index (χ0v) is 15.6. The highest BCUT2D eigenvalue weighted by Gasteiger charge is 2.37. The number of furan rings is 1. The number of nitrogens with zero attached hydrogens (tertiary/aromatic N) is 4. The lowest BCUT2D eigenvalue weighted by Gasteiger charge is -2.35. The summed E-state index contributed by atoms with van der Waals surface area (Å²) in [6, 6.07) is 3.65. The molecule has 8 nitrogen and oxygen atoms in total. The molecule has 1 atom stereocenters. The van der Waals surface area contributed by atoms with E-state index in [0.717, 1.165) is 36.0 Å². The molecule has 0 unspecified atom stereocenters. The Morgan fingerprint density at radius 3 is 2.81 bits per heavy atom. The van der Waals surface area contributed by atoms with Crippen LogP contribution in [0.25, 0.3) is 4.96 Å². The van der Waals surface area contributed by atoms with Gasteiger partial charge in [0.05, 0.1) is 32.4 Å². The maximum absolute atomic E-state index is 11.6. The largest absolute Gasteiger partial charge is 0.492 e. The minimum Gasteiger partial charge on any atom is -0.492 e. The summed E-state index contributed by atoms with van der Waals surface area (Å²) in [5.41, 5.74) is 0. The number of thiazole rings is 1. The molecular formula is C17H22N5O3S+. The van der Waals surface area contributed by atoms with E-state index in [4.69, 9.17) is 4.42 Å². The number of aromatic hydroxyl groups is 1. The number of piperazine rings is 1. The molecule has 1 fully saturated rings. The van der Waals surface area contributed by atoms with Crippen LogP contribution in [0.2, 0.25) is 0 Å². The maximum atomic E-state index is 11.6. The second-order valence-electron chi connectivity index (χ2n) is 6.48. The molecule has 1 aliphatic rings. The molecule has 1 aliphatic heterocycles. The van der Waals surface area contributed by atoms with Gasteiger partial charge in [-0.1, -0.05) is 18.3 Å². The second kappa shape index (κ2) is 6.73. The van der Waals surface area contributed by atoms with E-state index >= 15 is 0 Å². The standard InChI is InChI=1S/C17H21N5O3S/c1-3-13-18-17-22(19-13)16(24)15(26-17)14(12-5-4-10-25-12)21-8-6-20(7-9-21)11(2)23/h4-5,10,14,24H,3,6-9H2,1-2H3/p+1/t14-/m0/s1. The molecule has 3 aromatic rings. The van der Waals surface area contributed by atoms with Crippen LogP contribution in [0.5, 0.6) is 5.88 Å². The normalized spacial score (nSPS) is 17.1. The van der Waals surface area contributed by atoms with Crippen molar-refractivity contribution in [1.82, 2.24) is 19.5 Å². The number of nitrogens with one attached hydrogen (secondary N) is 1. The van der Waals surface area contributed by atoms with Gasteiger partial charge in [0, 0.05) is 13.3 Å². The first kappa shape index (κ1) is 17.0. The highest BCUT2D eigenvalue weighted by Crippen LogP contribution is 2.35. The second-order valence-corrected chi connectivity index (χ2v) is 7.49. The van der Waals surface area contributed by atoms with Gasteiger partial charge in [0.1, 0.15) is 4.88 Å². The van der Waals surface area contributed by atoms with Crippen molar-refractivity contribution in [1.29, 1.82) is 0 Å². The lowest BCUT2D eigenvalue weighted by atomic mass is 10.1. The SMILES string of the molecule is CCc1nc2sc([C@H](c3ccco3)[NH+]3CCN(C(C)=O)CC3)c(O)n2n1. The molecule has 26 heavy (non-hydrogen) atoms. The maximum Gasteiger partial charge on any atom is 0.235 e. The zero-order chi connectivity index (χ0) is 18.3. The average molecular weight is 376 g/mol. The van der Waals surface area contributed by atoms with Gasteiger partial charge in [-0.25, -0.2) is 4.98 Å². The van der Waals surface area contributed by atoms with E-state index < -0.39 is 0 Å². The van der Waals surface area contributed by atoms with Crippen molar-refractivity contribution in [3.05, 3.63) is 34.9 Å². The number of hydrogen-bond acceptors (Lipinski definition) is 6. The molecule has 0 spiro atoms. The molecule has 9 heteroatoms. The summed E-state index contributed by atoms with van der Waals surface area (Å²) in [6.07, 6.45) is 2.37. The van der Waals surface area contributed by atoms with Gasteiger partial charge in [-0.05, 0) is 12.1 Å². The van der Waals surface area contributed by atoms with Crippen molar-refractivity contribution in [2.24, 2.45) is 0 Å². The molecule has 1 amide bonds. The Labute approximate surface area is 154 Å². The summed E-state index contributed by atoms with van der Waals surface area (Å²) in [5, 5.41) is 15.2. The first-order chi connectivity index (χ1) is 12.6. The minimum absolute atomic E-state index is 0.104. The number of aryl methyl sites for hydroxylation is 1. The quantitative estimate of drug-likeness (QED) is 0.692. The van der Waals surface area contributed by atoms with Gasteiger partial charge in [-0.2, -0.15) is 4.52 Å². The van der Waals surface area contributed by atoms with Crippen molar-refractivity contribution in [3.8, 4) is 5.88 Å². The van der Waals surface area contributed by atoms with Crippen LogP contribution in [0, 0.1) is 0 Å². The fourth-order valence-electron chi connectivity index (χ4n) is 3.50. The van der Waals surface area contributed by atoms with Crippen molar-refractivity contribution in [3.63, 3.8) is 0 Å². The number of aromatic nitrogens is 3. The summed E-state index contributed by atoms with van der Waals surface area (Å²) in [6.45, 7) is 6.57. The van der Waals surface area contributed by atoms with Crippen molar-refractivity contribution in [2.75, 3.05) is 26.2 Å². The van der Waals surface area contributed by atoms with Crippen LogP contribution >= 0.6 is 11.3 Å². The number of quaternary nitrogens is 1. The van der Waals surface area contributed by atoms with E-state index in [9.17, 15) is 9.90 Å². The average Bonchev–Trinajstić information content (AvgIpc) is 3.35. The van der Waals surface area contributed by atoms with Gasteiger partial charge in [0.2, 0.25) is 16.7 Å². The lowest BCUT2D eigenvalue weighted by Crippen LogP contribution is -3.15. The van der Waals surface area contributed by atoms with Crippen LogP contribution in [-0.4, -0.2) is 56.7 Å². The Balaban J connectivity index is 1.70. The summed E-state index contributed by atoms with van der Waals surface area (Å²) in [5.74, 6) is 1.74. The lowest BCUT2D eigenvalue weighted by molar-refractivity contribution is -0.930. The van der Waals surface area contributed by atoms with E-state index in [1.807, 2.05) is 24.0 Å². The number of amides is 1. The van der Waals surface area contributed by atoms with Gasteiger partial charge in [0.15, 0.2) is 17.6 Å². The van der Waals surface area contributed by atoms with E-state index in [1.165, 1.54) is 20.8 Å². The van der Waals surface area contributed by atoms with Crippen LogP contribution in [-0.2, 0) is 11.2 Å². The smallest absolute Gasteiger partial charge is 0.235 e. The zero-order valence-electron chi connectivity index (χ0n) is 14.8. The highest BCUT2D eigenvalue weighted by atomic mass is 32.1. The number of rotatable bonds is 4. The molecule has 138 valence electrons. The Morgan fingerprint density at radius 2 is 2.23 bits per heavy atom. The van der Waals surface area contributed by atoms with Crippen LogP contribution in [0.1, 0.15) is 36.4 Å². The number of hydrogen-bond donors (Lipinski definition) is 2. The first-order valence-electron chi connectivity index (χ1n) is 8.79. The number of carbonyl (C=O) groups excluding carboxylic acids is 1. The summed E-state index contributed by atoms with van der Waals surface area (Å²) < 4.78 is 7.21. The topological polar surface area (TPSA) is 88.3 Å². The van der Waals surface area contributed by atoms with Crippen LogP contribution in [0.15, 0.2) is 22.8 Å². The van der Waals surface area contributed by atoms with Gasteiger partial charge in [-0.15, -0.1) is 5.10 Å². The van der Waals surface area contributed by atoms with Crippen molar-refractivity contribution in [2.45, 2.75) is 26.3 Å². The van der Waals surface area contributed by atoms with Crippen LogP contribution < -0.4 is 4.90 Å². The molecule has 4 rings (SSSR count). The Morgan fingerprint density at radius 1 is 1.46 bits per heavy atom. The Hall–Kier alpha value is -2.39. The fourth-order valence-corrected chi connectivity index (χ4v) is 4.64. The predicted molar refractivity (Wildman–Crippen MR) is 95.4 cm³/mol. The van der Waals surface area contributed by atoms with Crippen LogP contribution in [0.4, 0.5) is 0 Å². The highest BCUT2D eigenvalue weighted by molar-refractivity contribution is 7.17. The third kappa shape index (κ3) is 2.86. The van der Waals surface area contributed by atoms with Crippen molar-refractivity contribution >= 4 is 22.2 Å². The van der Waals surface area contributed by atoms with Gasteiger partial charge in [-0.3, -0.25) is 4.79 Å². The fraction of sp³-hybridized carbons (Fsp3) is 0.471. The predicted octanol–water partition coefficient (Wildman–Crippen LogP) is 0.488. The third-order valence-corrected chi connectivity index (χ3v) is 5.99. The first-order valence-corrected chi connectivity index (χ1v) is 9.61. The number of fused-ring (bicyclic) bond motifs is 1. The van der Waals surface area contributed by atoms with Gasteiger partial charge in [0.25, 0.3) is 0 Å². The minimum atomic E-state index is -0.141. The molecule has 0 aliphatic carbocycles. The molecule has 4 heterocycles. The Bertz CT molecular complexity index is 909. The molecular weight excluding hydrogens is 354 g/mol. The summed E-state index contributed by atoms with van der Waals surface area (Å²) in [4.78, 5) is 20.7. The monoisotopic (exact) mass is 376 g/mol. The molecule has 0 aromatic carbocycles. The molecule has 0 bridgehead atoms. The number of carbonyl (C=O) groups is 1. The molecule has 0 radical (unpaired) electrons.